The van der Waals surface area contributed by atoms with Crippen LogP contribution in [0.1, 0.15) is 11.1 Å². The van der Waals surface area contributed by atoms with Gasteiger partial charge < -0.3 is 4.74 Å². The third kappa shape index (κ3) is 3.11. The zero-order chi connectivity index (χ0) is 21.7. The van der Waals surface area contributed by atoms with E-state index in [9.17, 15) is 8.78 Å². The van der Waals surface area contributed by atoms with Crippen LogP contribution in [0.25, 0.3) is 38.8 Å². The fourth-order valence-corrected chi connectivity index (χ4v) is 3.85. The molecule has 0 aliphatic rings. The van der Waals surface area contributed by atoms with Crippen molar-refractivity contribution in [2.24, 2.45) is 0 Å². The van der Waals surface area contributed by atoms with E-state index in [0.29, 0.717) is 27.7 Å². The van der Waals surface area contributed by atoms with E-state index in [4.69, 9.17) is 9.84 Å². The minimum absolute atomic E-state index is 0.107. The van der Waals surface area contributed by atoms with Gasteiger partial charge in [0, 0.05) is 28.6 Å². The minimum Gasteiger partial charge on any atom is -0.497 e. The van der Waals surface area contributed by atoms with E-state index in [-0.39, 0.29) is 5.52 Å². The Morgan fingerprint density at radius 3 is 2.52 bits per heavy atom. The number of hydrogen-bond acceptors (Lipinski definition) is 3. The first-order valence-corrected chi connectivity index (χ1v) is 9.85. The Hall–Kier alpha value is -3.80. The van der Waals surface area contributed by atoms with Crippen LogP contribution in [0, 0.1) is 25.5 Å². The van der Waals surface area contributed by atoms with E-state index in [1.165, 1.54) is 6.07 Å². The zero-order valence-electron chi connectivity index (χ0n) is 17.3. The number of hydrogen-bond donors (Lipinski definition) is 0. The minimum atomic E-state index is -0.701. The molecule has 2 heterocycles. The highest BCUT2D eigenvalue weighted by Gasteiger charge is 2.19. The number of nitrogens with zero attached hydrogens (tertiary/aromatic N) is 3. The second-order valence-electron chi connectivity index (χ2n) is 7.57. The number of rotatable bonds is 3. The molecular formula is C25H19F2N3O. The van der Waals surface area contributed by atoms with Crippen LogP contribution in [-0.4, -0.2) is 21.9 Å². The number of fused-ring (bicyclic) bond motifs is 3. The van der Waals surface area contributed by atoms with E-state index in [0.717, 1.165) is 28.4 Å². The molecular weight excluding hydrogens is 396 g/mol. The molecule has 5 rings (SSSR count). The first kappa shape index (κ1) is 19.2. The van der Waals surface area contributed by atoms with Gasteiger partial charge in [0.25, 0.3) is 0 Å². The second kappa shape index (κ2) is 7.16. The molecule has 154 valence electrons. The molecule has 2 aromatic heterocycles. The molecule has 0 amide bonds. The van der Waals surface area contributed by atoms with Gasteiger partial charge in [0.2, 0.25) is 0 Å². The molecule has 6 heteroatoms. The van der Waals surface area contributed by atoms with E-state index in [1.807, 2.05) is 56.3 Å². The number of benzene rings is 3. The Balaban J connectivity index is 1.92. The number of ether oxygens (including phenoxy) is 1. The van der Waals surface area contributed by atoms with Crippen molar-refractivity contribution in [3.05, 3.63) is 83.6 Å². The smallest absolute Gasteiger partial charge is 0.152 e. The molecule has 0 unspecified atom stereocenters. The van der Waals surface area contributed by atoms with E-state index in [2.05, 4.69) is 4.98 Å². The normalized spacial score (nSPS) is 11.4. The summed E-state index contributed by atoms with van der Waals surface area (Å²) < 4.78 is 35.8. The molecule has 4 nitrogen and oxygen atoms in total. The molecule has 5 aromatic rings. The monoisotopic (exact) mass is 415 g/mol. The molecule has 0 bridgehead atoms. The summed E-state index contributed by atoms with van der Waals surface area (Å²) >= 11 is 0. The largest absolute Gasteiger partial charge is 0.497 e. The average Bonchev–Trinajstić information content (AvgIpc) is 3.16. The number of aromatic nitrogens is 3. The quantitative estimate of drug-likeness (QED) is 0.355. The maximum absolute atomic E-state index is 14.5. The molecule has 0 saturated carbocycles. The van der Waals surface area contributed by atoms with Crippen molar-refractivity contribution in [3.8, 4) is 22.7 Å². The standard InChI is InChI=1S/C25H19F2N3O/c1-14-7-8-18(9-15(14)2)30-25-20-11-17(26)12-22(27)24(20)28-13-21(25)23(29-30)16-5-4-6-19(10-16)31-3/h4-13H,1-3H3. The van der Waals surface area contributed by atoms with Crippen LogP contribution in [0.2, 0.25) is 0 Å². The van der Waals surface area contributed by atoms with Gasteiger partial charge in [-0.3, -0.25) is 4.98 Å². The molecule has 0 atom stereocenters. The number of halogens is 2. The molecule has 3 aromatic carbocycles. The lowest BCUT2D eigenvalue weighted by Gasteiger charge is -2.09. The maximum atomic E-state index is 14.5. The summed E-state index contributed by atoms with van der Waals surface area (Å²) in [6.07, 6.45) is 1.60. The highest BCUT2D eigenvalue weighted by atomic mass is 19.1. The van der Waals surface area contributed by atoms with E-state index < -0.39 is 11.6 Å². The first-order valence-electron chi connectivity index (χ1n) is 9.85. The lowest BCUT2D eigenvalue weighted by atomic mass is 10.1. The van der Waals surface area contributed by atoms with Crippen LogP contribution >= 0.6 is 0 Å². The Bertz CT molecular complexity index is 1470. The fraction of sp³-hybridized carbons (Fsp3) is 0.120. The molecule has 0 N–H and O–H groups in total. The number of pyridine rings is 1. The van der Waals surface area contributed by atoms with Crippen molar-refractivity contribution in [3.63, 3.8) is 0 Å². The van der Waals surface area contributed by atoms with Gasteiger partial charge in [-0.05, 0) is 55.3 Å². The number of aryl methyl sites for hydroxylation is 2. The van der Waals surface area contributed by atoms with Crippen molar-refractivity contribution < 1.29 is 13.5 Å². The highest BCUT2D eigenvalue weighted by Crippen LogP contribution is 2.35. The molecule has 0 aliphatic heterocycles. The van der Waals surface area contributed by atoms with Crippen LogP contribution in [0.5, 0.6) is 5.75 Å². The lowest BCUT2D eigenvalue weighted by Crippen LogP contribution is -1.99. The Morgan fingerprint density at radius 1 is 0.903 bits per heavy atom. The maximum Gasteiger partial charge on any atom is 0.152 e. The third-order valence-corrected chi connectivity index (χ3v) is 5.61. The van der Waals surface area contributed by atoms with Gasteiger partial charge in [-0.2, -0.15) is 5.10 Å². The summed E-state index contributed by atoms with van der Waals surface area (Å²) in [5.41, 5.74) is 5.24. The van der Waals surface area contributed by atoms with Gasteiger partial charge in [-0.1, -0.05) is 18.2 Å². The molecule has 31 heavy (non-hydrogen) atoms. The number of methoxy groups -OCH3 is 1. The predicted octanol–water partition coefficient (Wildman–Crippen LogP) is 6.14. The summed E-state index contributed by atoms with van der Waals surface area (Å²) in [6.45, 7) is 4.05. The van der Waals surface area contributed by atoms with Gasteiger partial charge >= 0.3 is 0 Å². The van der Waals surface area contributed by atoms with Crippen LogP contribution in [0.3, 0.4) is 0 Å². The highest BCUT2D eigenvalue weighted by molar-refractivity contribution is 6.09. The third-order valence-electron chi connectivity index (χ3n) is 5.61. The van der Waals surface area contributed by atoms with Gasteiger partial charge in [-0.15, -0.1) is 0 Å². The van der Waals surface area contributed by atoms with Crippen molar-refractivity contribution in [1.29, 1.82) is 0 Å². The molecule has 0 fully saturated rings. The summed E-state index contributed by atoms with van der Waals surface area (Å²) in [4.78, 5) is 4.29. The predicted molar refractivity (Wildman–Crippen MR) is 118 cm³/mol. The summed E-state index contributed by atoms with van der Waals surface area (Å²) in [6, 6.07) is 15.7. The van der Waals surface area contributed by atoms with Crippen molar-refractivity contribution in [1.82, 2.24) is 14.8 Å². The van der Waals surface area contributed by atoms with Crippen LogP contribution < -0.4 is 4.74 Å². The van der Waals surface area contributed by atoms with E-state index in [1.54, 1.807) is 18.0 Å². The Labute approximate surface area is 177 Å². The molecule has 0 spiro atoms. The summed E-state index contributed by atoms with van der Waals surface area (Å²) in [7, 11) is 1.60. The van der Waals surface area contributed by atoms with Crippen molar-refractivity contribution >= 4 is 21.8 Å². The summed E-state index contributed by atoms with van der Waals surface area (Å²) in [5, 5.41) is 5.93. The lowest BCUT2D eigenvalue weighted by molar-refractivity contribution is 0.415. The van der Waals surface area contributed by atoms with Gasteiger partial charge in [0.1, 0.15) is 22.8 Å². The zero-order valence-corrected chi connectivity index (χ0v) is 17.3. The van der Waals surface area contributed by atoms with Gasteiger partial charge in [0.15, 0.2) is 5.82 Å². The van der Waals surface area contributed by atoms with Crippen molar-refractivity contribution in [2.75, 3.05) is 7.11 Å². The van der Waals surface area contributed by atoms with Crippen molar-refractivity contribution in [2.45, 2.75) is 13.8 Å². The molecule has 0 aliphatic carbocycles. The first-order chi connectivity index (χ1) is 15.0. The van der Waals surface area contributed by atoms with Crippen LogP contribution in [0.15, 0.2) is 60.8 Å². The van der Waals surface area contributed by atoms with Gasteiger partial charge in [0.05, 0.1) is 18.3 Å². The Morgan fingerprint density at radius 2 is 1.74 bits per heavy atom. The van der Waals surface area contributed by atoms with Gasteiger partial charge in [-0.25, -0.2) is 13.5 Å². The topological polar surface area (TPSA) is 39.9 Å². The Kier molecular flexibility index (Phi) is 4.43. The summed E-state index contributed by atoms with van der Waals surface area (Å²) in [5.74, 6) is -0.667. The van der Waals surface area contributed by atoms with Crippen LogP contribution in [0.4, 0.5) is 8.78 Å². The van der Waals surface area contributed by atoms with Crippen LogP contribution in [-0.2, 0) is 0 Å². The molecule has 0 saturated heterocycles. The molecule has 0 radical (unpaired) electrons. The fourth-order valence-electron chi connectivity index (χ4n) is 3.85. The average molecular weight is 415 g/mol. The van der Waals surface area contributed by atoms with E-state index >= 15 is 0 Å². The second-order valence-corrected chi connectivity index (χ2v) is 7.57. The SMILES string of the molecule is COc1cccc(-c2nn(-c3ccc(C)c(C)c3)c3c2cnc2c(F)cc(F)cc23)c1.